The number of carboxylic acid groups (broad SMARTS) is 1. The summed E-state index contributed by atoms with van der Waals surface area (Å²) in [6.07, 6.45) is -4.85. The highest BCUT2D eigenvalue weighted by Crippen LogP contribution is 2.38. The number of alkyl halides is 3. The van der Waals surface area contributed by atoms with E-state index < -0.39 is 23.5 Å². The number of rotatable bonds is 3. The molecule has 0 aliphatic carbocycles. The first kappa shape index (κ1) is 15.8. The molecular formula is C15H10F4O3. The smallest absolute Gasteiger partial charge is 0.419 e. The van der Waals surface area contributed by atoms with Crippen molar-refractivity contribution < 1.29 is 32.2 Å². The Bertz CT molecular complexity index is 723. The number of benzene rings is 2. The van der Waals surface area contributed by atoms with Crippen molar-refractivity contribution in [3.63, 3.8) is 0 Å². The van der Waals surface area contributed by atoms with Crippen molar-refractivity contribution in [2.75, 3.05) is 7.11 Å². The Labute approximate surface area is 122 Å². The molecule has 0 radical (unpaired) electrons. The monoisotopic (exact) mass is 314 g/mol. The van der Waals surface area contributed by atoms with Crippen molar-refractivity contribution in [2.45, 2.75) is 6.18 Å². The lowest BCUT2D eigenvalue weighted by molar-refractivity contribution is -0.139. The van der Waals surface area contributed by atoms with Gasteiger partial charge in [0.25, 0.3) is 0 Å². The fourth-order valence-electron chi connectivity index (χ4n) is 2.06. The number of hydrogen-bond acceptors (Lipinski definition) is 2. The summed E-state index contributed by atoms with van der Waals surface area (Å²) in [7, 11) is 1.21. The van der Waals surface area contributed by atoms with Crippen LogP contribution in [0.3, 0.4) is 0 Å². The first-order valence-electron chi connectivity index (χ1n) is 6.03. The number of para-hydroxylation sites is 1. The van der Waals surface area contributed by atoms with Gasteiger partial charge >= 0.3 is 12.1 Å². The topological polar surface area (TPSA) is 46.5 Å². The van der Waals surface area contributed by atoms with Gasteiger partial charge in [-0.15, -0.1) is 0 Å². The summed E-state index contributed by atoms with van der Waals surface area (Å²) >= 11 is 0. The van der Waals surface area contributed by atoms with E-state index in [4.69, 9.17) is 9.84 Å². The lowest BCUT2D eigenvalue weighted by Gasteiger charge is -2.14. The van der Waals surface area contributed by atoms with Crippen LogP contribution in [-0.4, -0.2) is 18.2 Å². The van der Waals surface area contributed by atoms with Crippen molar-refractivity contribution in [2.24, 2.45) is 0 Å². The number of hydrogen-bond donors (Lipinski definition) is 1. The molecular weight excluding hydrogens is 304 g/mol. The van der Waals surface area contributed by atoms with E-state index in [1.807, 2.05) is 0 Å². The molecule has 0 bridgehead atoms. The molecule has 0 aliphatic rings. The van der Waals surface area contributed by atoms with Crippen LogP contribution < -0.4 is 4.74 Å². The Hall–Kier alpha value is -2.57. The number of aromatic carboxylic acids is 1. The van der Waals surface area contributed by atoms with E-state index in [1.54, 1.807) is 0 Å². The largest absolute Gasteiger partial charge is 0.495 e. The Balaban J connectivity index is 2.68. The summed E-state index contributed by atoms with van der Waals surface area (Å²) < 4.78 is 56.6. The maximum absolute atomic E-state index is 13.3. The Kier molecular flexibility index (Phi) is 4.07. The van der Waals surface area contributed by atoms with Gasteiger partial charge in [-0.3, -0.25) is 0 Å². The molecule has 0 atom stereocenters. The molecule has 0 fully saturated rings. The average molecular weight is 314 g/mol. The van der Waals surface area contributed by atoms with Crippen LogP contribution in [0.25, 0.3) is 11.1 Å². The fourth-order valence-corrected chi connectivity index (χ4v) is 2.06. The van der Waals surface area contributed by atoms with Gasteiger partial charge in [-0.2, -0.15) is 13.2 Å². The molecule has 0 amide bonds. The molecule has 2 aromatic carbocycles. The molecule has 0 spiro atoms. The minimum atomic E-state index is -4.85. The average Bonchev–Trinajstić information content (AvgIpc) is 2.45. The summed E-state index contributed by atoms with van der Waals surface area (Å²) in [6, 6.07) is 6.48. The number of methoxy groups -OCH3 is 1. The van der Waals surface area contributed by atoms with Gasteiger partial charge in [0.05, 0.1) is 12.7 Å². The van der Waals surface area contributed by atoms with Crippen molar-refractivity contribution in [1.29, 1.82) is 0 Å². The van der Waals surface area contributed by atoms with Crippen LogP contribution in [0.5, 0.6) is 5.75 Å². The van der Waals surface area contributed by atoms with Crippen molar-refractivity contribution >= 4 is 5.97 Å². The zero-order valence-corrected chi connectivity index (χ0v) is 11.2. The minimum absolute atomic E-state index is 0.00803. The summed E-state index contributed by atoms with van der Waals surface area (Å²) in [5.74, 6) is -2.77. The summed E-state index contributed by atoms with van der Waals surface area (Å²) in [4.78, 5) is 11.1. The molecule has 2 aromatic rings. The van der Waals surface area contributed by atoms with Crippen molar-refractivity contribution in [1.82, 2.24) is 0 Å². The Morgan fingerprint density at radius 1 is 1.18 bits per heavy atom. The van der Waals surface area contributed by atoms with E-state index in [2.05, 4.69) is 0 Å². The molecule has 22 heavy (non-hydrogen) atoms. The van der Waals surface area contributed by atoms with Crippen LogP contribution in [0.4, 0.5) is 17.6 Å². The predicted molar refractivity (Wildman–Crippen MR) is 70.3 cm³/mol. The molecule has 116 valence electrons. The van der Waals surface area contributed by atoms with Gasteiger partial charge in [-0.05, 0) is 23.8 Å². The number of carboxylic acids is 1. The van der Waals surface area contributed by atoms with Crippen LogP contribution in [0.1, 0.15) is 15.9 Å². The molecule has 3 nitrogen and oxygen atoms in total. The third-order valence-electron chi connectivity index (χ3n) is 3.03. The predicted octanol–water partition coefficient (Wildman–Crippen LogP) is 4.22. The number of carbonyl (C=O) groups is 1. The van der Waals surface area contributed by atoms with Crippen LogP contribution in [0.15, 0.2) is 36.4 Å². The molecule has 0 saturated heterocycles. The minimum Gasteiger partial charge on any atom is -0.495 e. The Morgan fingerprint density at radius 2 is 1.86 bits per heavy atom. The van der Waals surface area contributed by atoms with Gasteiger partial charge in [0.2, 0.25) is 0 Å². The van der Waals surface area contributed by atoms with Crippen LogP contribution in [-0.2, 0) is 6.18 Å². The normalized spacial score (nSPS) is 11.3. The van der Waals surface area contributed by atoms with E-state index >= 15 is 0 Å². The van der Waals surface area contributed by atoms with Crippen molar-refractivity contribution in [3.8, 4) is 16.9 Å². The second-order valence-electron chi connectivity index (χ2n) is 4.38. The highest BCUT2D eigenvalue weighted by atomic mass is 19.4. The quantitative estimate of drug-likeness (QED) is 0.863. The SMILES string of the molecule is COc1c(C(=O)O)cccc1-c1ccc(F)c(C(F)(F)F)c1. The third kappa shape index (κ3) is 2.88. The molecule has 0 aromatic heterocycles. The standard InChI is InChI=1S/C15H10F4O3/c1-22-13-9(3-2-4-10(13)14(20)21)8-5-6-12(16)11(7-8)15(17,18)19/h2-7H,1H3,(H,20,21). The fraction of sp³-hybridized carbons (Fsp3) is 0.133. The first-order chi connectivity index (χ1) is 10.3. The maximum atomic E-state index is 13.3. The molecule has 0 aliphatic heterocycles. The van der Waals surface area contributed by atoms with Gasteiger partial charge in [-0.1, -0.05) is 18.2 Å². The number of ether oxygens (including phenoxy) is 1. The van der Waals surface area contributed by atoms with Crippen LogP contribution in [0.2, 0.25) is 0 Å². The highest BCUT2D eigenvalue weighted by Gasteiger charge is 2.34. The summed E-state index contributed by atoms with van der Waals surface area (Å²) in [5, 5.41) is 9.08. The van der Waals surface area contributed by atoms with E-state index in [0.29, 0.717) is 12.1 Å². The van der Waals surface area contributed by atoms with Gasteiger partial charge < -0.3 is 9.84 Å². The lowest BCUT2D eigenvalue weighted by Crippen LogP contribution is -2.08. The molecule has 0 heterocycles. The zero-order valence-electron chi connectivity index (χ0n) is 11.2. The Morgan fingerprint density at radius 3 is 2.41 bits per heavy atom. The van der Waals surface area contributed by atoms with E-state index in [1.165, 1.54) is 25.3 Å². The van der Waals surface area contributed by atoms with Gasteiger partial charge in [0.1, 0.15) is 17.1 Å². The highest BCUT2D eigenvalue weighted by molar-refractivity contribution is 5.94. The second-order valence-corrected chi connectivity index (χ2v) is 4.38. The maximum Gasteiger partial charge on any atom is 0.419 e. The molecule has 0 unspecified atom stereocenters. The zero-order chi connectivity index (χ0) is 16.5. The van der Waals surface area contributed by atoms with Crippen LogP contribution in [0, 0.1) is 5.82 Å². The first-order valence-corrected chi connectivity index (χ1v) is 6.03. The van der Waals surface area contributed by atoms with Gasteiger partial charge in [-0.25, -0.2) is 9.18 Å². The van der Waals surface area contributed by atoms with E-state index in [-0.39, 0.29) is 22.4 Å². The number of halogens is 4. The lowest BCUT2D eigenvalue weighted by atomic mass is 9.99. The van der Waals surface area contributed by atoms with Crippen LogP contribution >= 0.6 is 0 Å². The third-order valence-corrected chi connectivity index (χ3v) is 3.03. The van der Waals surface area contributed by atoms with Gasteiger partial charge in [0, 0.05) is 5.56 Å². The molecule has 2 rings (SSSR count). The summed E-state index contributed by atoms with van der Waals surface area (Å²) in [6.45, 7) is 0. The molecule has 7 heteroatoms. The molecule has 1 N–H and O–H groups in total. The van der Waals surface area contributed by atoms with Gasteiger partial charge in [0.15, 0.2) is 0 Å². The van der Waals surface area contributed by atoms with E-state index in [0.717, 1.165) is 6.07 Å². The second kappa shape index (κ2) is 5.67. The van der Waals surface area contributed by atoms with Crippen molar-refractivity contribution in [3.05, 3.63) is 53.3 Å². The van der Waals surface area contributed by atoms with E-state index in [9.17, 15) is 22.4 Å². The molecule has 0 saturated carbocycles. The summed E-state index contributed by atoms with van der Waals surface area (Å²) in [5.41, 5.74) is -1.48.